The number of pyridine rings is 1. The number of ether oxygens (including phenoxy) is 1. The Morgan fingerprint density at radius 3 is 2.69 bits per heavy atom. The summed E-state index contributed by atoms with van der Waals surface area (Å²) in [6, 6.07) is 7.60. The van der Waals surface area contributed by atoms with Crippen LogP contribution in [0.1, 0.15) is 91.9 Å². The van der Waals surface area contributed by atoms with Crippen LogP contribution < -0.4 is 21.1 Å². The molecule has 4 heterocycles. The van der Waals surface area contributed by atoms with Crippen LogP contribution in [0, 0.1) is 22.6 Å². The molecular formula is C37H47F2N9O. The standard InChI is InChI=1S/C37H47F2N9O/c1-4-48-20-28-31(17-37(48)13-5-8-26-29(39)16-30(41)27(18-40)32(26)37)44-35(45-34(28)46(3)23(2)25-9-6-14-43-33(25)42)49-22-36(11-7-12-36)21-47-15-10-24(38)19-47/h6,9,14,16,23-24H,4-5,7-8,10-13,15,17,19-22,41H2,1-3H3,(H2,42,43)/t23-,24-,37+/m1/s1. The molecule has 0 amide bonds. The zero-order chi connectivity index (χ0) is 34.5. The Balaban J connectivity index is 1.30. The molecule has 3 aromatic rings. The van der Waals surface area contributed by atoms with Gasteiger partial charge in [0, 0.05) is 62.4 Å². The number of hydrogen-bond acceptors (Lipinski definition) is 10. The number of likely N-dealkylation sites (N-methyl/N-ethyl adjacent to an activating group) is 1. The SMILES string of the molecule is CCN1Cc2c(nc(OCC3(CN4CC[C@@H](F)C4)CCC3)nc2N(C)[C@H](C)c2cccnc2N)C[C@]12CCCc1c(F)cc(N)c(C#N)c12. The van der Waals surface area contributed by atoms with Crippen LogP contribution in [0.25, 0.3) is 0 Å². The number of halogens is 2. The Morgan fingerprint density at radius 1 is 1.20 bits per heavy atom. The van der Waals surface area contributed by atoms with E-state index in [1.165, 1.54) is 6.07 Å². The molecule has 0 bridgehead atoms. The molecule has 0 unspecified atom stereocenters. The number of nitrogen functional groups attached to an aromatic ring is 2. The molecule has 12 heteroatoms. The van der Waals surface area contributed by atoms with E-state index in [9.17, 15) is 9.65 Å². The molecule has 1 spiro atoms. The summed E-state index contributed by atoms with van der Waals surface area (Å²) >= 11 is 0. The van der Waals surface area contributed by atoms with Gasteiger partial charge in [-0.25, -0.2) is 13.8 Å². The third-order valence-electron chi connectivity index (χ3n) is 11.8. The van der Waals surface area contributed by atoms with Gasteiger partial charge in [0.05, 0.1) is 35.1 Å². The van der Waals surface area contributed by atoms with E-state index < -0.39 is 11.7 Å². The maximum atomic E-state index is 15.5. The smallest absolute Gasteiger partial charge is 0.318 e. The van der Waals surface area contributed by atoms with E-state index in [4.69, 9.17) is 26.2 Å². The maximum absolute atomic E-state index is 15.5. The largest absolute Gasteiger partial charge is 0.463 e. The molecule has 3 atom stereocenters. The Bertz CT molecular complexity index is 1780. The second-order valence-electron chi connectivity index (χ2n) is 14.6. The third kappa shape index (κ3) is 5.84. The highest BCUT2D eigenvalue weighted by molar-refractivity contribution is 5.65. The Hall–Kier alpha value is -4.08. The maximum Gasteiger partial charge on any atom is 0.318 e. The van der Waals surface area contributed by atoms with Crippen LogP contribution in [0.4, 0.5) is 26.1 Å². The van der Waals surface area contributed by atoms with Crippen LogP contribution in [0.2, 0.25) is 0 Å². The average Bonchev–Trinajstić information content (AvgIpc) is 3.49. The molecule has 10 nitrogen and oxygen atoms in total. The van der Waals surface area contributed by atoms with E-state index >= 15 is 4.39 Å². The number of anilines is 3. The first kappa shape index (κ1) is 33.4. The molecule has 1 saturated heterocycles. The van der Waals surface area contributed by atoms with E-state index in [1.54, 1.807) is 6.20 Å². The van der Waals surface area contributed by atoms with Crippen LogP contribution in [0.5, 0.6) is 6.01 Å². The molecule has 7 rings (SSSR count). The lowest BCUT2D eigenvalue weighted by Crippen LogP contribution is -2.53. The lowest BCUT2D eigenvalue weighted by atomic mass is 9.68. The summed E-state index contributed by atoms with van der Waals surface area (Å²) in [5, 5.41) is 10.3. The summed E-state index contributed by atoms with van der Waals surface area (Å²) in [5.41, 5.74) is 16.4. The highest BCUT2D eigenvalue weighted by Crippen LogP contribution is 2.51. The fraction of sp³-hybridized carbons (Fsp3) is 0.568. The number of fused-ring (bicyclic) bond motifs is 3. The topological polar surface area (TPSA) is 133 Å². The average molecular weight is 672 g/mol. The first-order valence-electron chi connectivity index (χ1n) is 17.7. The normalized spacial score (nSPS) is 23.7. The minimum atomic E-state index is -0.763. The third-order valence-corrected chi connectivity index (χ3v) is 11.8. The fourth-order valence-corrected chi connectivity index (χ4v) is 8.89. The number of aromatic nitrogens is 3. The van der Waals surface area contributed by atoms with Crippen LogP contribution in [0.15, 0.2) is 24.4 Å². The minimum absolute atomic E-state index is 0.0634. The highest BCUT2D eigenvalue weighted by atomic mass is 19.1. The van der Waals surface area contributed by atoms with Crippen molar-refractivity contribution in [2.75, 3.05) is 56.2 Å². The molecule has 4 N–H and O–H groups in total. The van der Waals surface area contributed by atoms with Crippen molar-refractivity contribution in [1.29, 1.82) is 5.26 Å². The van der Waals surface area contributed by atoms with Crippen LogP contribution in [-0.2, 0) is 24.9 Å². The number of rotatable bonds is 9. The molecule has 2 aliphatic heterocycles. The monoisotopic (exact) mass is 671 g/mol. The quantitative estimate of drug-likeness (QED) is 0.283. The van der Waals surface area contributed by atoms with Gasteiger partial charge in [-0.3, -0.25) is 9.80 Å². The van der Waals surface area contributed by atoms with E-state index in [0.717, 1.165) is 67.8 Å². The van der Waals surface area contributed by atoms with Gasteiger partial charge in [0.25, 0.3) is 0 Å². The van der Waals surface area contributed by atoms with Gasteiger partial charge >= 0.3 is 6.01 Å². The van der Waals surface area contributed by atoms with Gasteiger partial charge in [0.15, 0.2) is 0 Å². The second-order valence-corrected chi connectivity index (χ2v) is 14.6. The Kier molecular flexibility index (Phi) is 8.86. The van der Waals surface area contributed by atoms with Crippen molar-refractivity contribution in [3.63, 3.8) is 0 Å². The number of nitrogens with zero attached hydrogens (tertiary/aromatic N) is 7. The number of hydrogen-bond donors (Lipinski definition) is 2. The second kappa shape index (κ2) is 13.0. The molecular weight excluding hydrogens is 624 g/mol. The Labute approximate surface area is 287 Å². The number of benzene rings is 1. The lowest BCUT2D eigenvalue weighted by Gasteiger charge is -2.51. The summed E-state index contributed by atoms with van der Waals surface area (Å²) in [6.07, 6.45) is 7.20. The first-order valence-corrected chi connectivity index (χ1v) is 17.7. The fourth-order valence-electron chi connectivity index (χ4n) is 8.89. The molecule has 4 aliphatic rings. The summed E-state index contributed by atoms with van der Waals surface area (Å²) in [7, 11) is 2.00. The number of nitriles is 1. The van der Waals surface area contributed by atoms with Crippen molar-refractivity contribution in [3.05, 3.63) is 63.7 Å². The summed E-state index contributed by atoms with van der Waals surface area (Å²) in [6.45, 7) is 7.85. The predicted octanol–water partition coefficient (Wildman–Crippen LogP) is 5.45. The predicted molar refractivity (Wildman–Crippen MR) is 185 cm³/mol. The van der Waals surface area contributed by atoms with E-state index in [-0.39, 0.29) is 23.0 Å². The molecule has 2 fully saturated rings. The van der Waals surface area contributed by atoms with Crippen LogP contribution in [-0.4, -0.2) is 70.8 Å². The molecule has 1 aromatic carbocycles. The zero-order valence-corrected chi connectivity index (χ0v) is 28.8. The highest BCUT2D eigenvalue weighted by Gasteiger charge is 2.49. The first-order chi connectivity index (χ1) is 23.6. The van der Waals surface area contributed by atoms with Gasteiger partial charge in [-0.15, -0.1) is 0 Å². The van der Waals surface area contributed by atoms with Crippen molar-refractivity contribution < 1.29 is 13.5 Å². The Morgan fingerprint density at radius 2 is 2.02 bits per heavy atom. The van der Waals surface area contributed by atoms with Crippen molar-refractivity contribution in [3.8, 4) is 12.1 Å². The summed E-state index contributed by atoms with van der Waals surface area (Å²) in [4.78, 5) is 21.2. The van der Waals surface area contributed by atoms with Crippen molar-refractivity contribution in [2.45, 2.75) is 89.5 Å². The summed E-state index contributed by atoms with van der Waals surface area (Å²) < 4.78 is 36.1. The van der Waals surface area contributed by atoms with E-state index in [0.29, 0.717) is 74.0 Å². The number of alkyl halides is 1. The minimum Gasteiger partial charge on any atom is -0.463 e. The number of nitrogens with two attached hydrogens (primary N) is 2. The van der Waals surface area contributed by atoms with Gasteiger partial charge in [-0.05, 0) is 75.3 Å². The van der Waals surface area contributed by atoms with Crippen LogP contribution in [0.3, 0.4) is 0 Å². The van der Waals surface area contributed by atoms with Gasteiger partial charge < -0.3 is 21.1 Å². The summed E-state index contributed by atoms with van der Waals surface area (Å²) in [5.74, 6) is 0.842. The van der Waals surface area contributed by atoms with Crippen molar-refractivity contribution >= 4 is 17.3 Å². The van der Waals surface area contributed by atoms with E-state index in [1.807, 2.05) is 19.2 Å². The molecule has 0 radical (unpaired) electrons. The van der Waals surface area contributed by atoms with E-state index in [2.05, 4.69) is 39.6 Å². The molecule has 49 heavy (non-hydrogen) atoms. The van der Waals surface area contributed by atoms with Gasteiger partial charge in [0.1, 0.15) is 29.7 Å². The van der Waals surface area contributed by atoms with Crippen molar-refractivity contribution in [1.82, 2.24) is 24.8 Å². The van der Waals surface area contributed by atoms with Crippen LogP contribution >= 0.6 is 0 Å². The molecule has 2 aliphatic carbocycles. The van der Waals surface area contributed by atoms with Gasteiger partial charge in [0.2, 0.25) is 0 Å². The van der Waals surface area contributed by atoms with Gasteiger partial charge in [-0.1, -0.05) is 19.4 Å². The zero-order valence-electron chi connectivity index (χ0n) is 28.8. The molecule has 2 aromatic heterocycles. The molecule has 1 saturated carbocycles. The lowest BCUT2D eigenvalue weighted by molar-refractivity contribution is 0.0186. The van der Waals surface area contributed by atoms with Crippen molar-refractivity contribution in [2.24, 2.45) is 5.41 Å². The van der Waals surface area contributed by atoms with Gasteiger partial charge in [-0.2, -0.15) is 15.2 Å². The number of likely N-dealkylation sites (tertiary alicyclic amines) is 1. The molecule has 260 valence electrons.